The highest BCUT2D eigenvalue weighted by Crippen LogP contribution is 2.36. The van der Waals surface area contributed by atoms with Crippen molar-refractivity contribution in [2.24, 2.45) is 0 Å². The molecule has 2 aromatic rings. The molecule has 1 N–H and O–H groups in total. The number of halogens is 5. The molecule has 0 unspecified atom stereocenters. The number of nitrogens with one attached hydrogen (secondary N) is 1. The number of anilines is 1. The number of alkyl halides is 3. The van der Waals surface area contributed by atoms with Gasteiger partial charge in [-0.3, -0.25) is 4.79 Å². The second-order valence-corrected chi connectivity index (χ2v) is 4.89. The molecule has 1 amide bonds. The number of hydrogen-bond donors (Lipinski definition) is 1. The van der Waals surface area contributed by atoms with Crippen LogP contribution < -0.4 is 10.1 Å². The molecule has 3 nitrogen and oxygen atoms in total. The third-order valence-corrected chi connectivity index (χ3v) is 3.05. The minimum absolute atomic E-state index is 0.0745. The highest BCUT2D eigenvalue weighted by Gasteiger charge is 2.33. The summed E-state index contributed by atoms with van der Waals surface area (Å²) in [7, 11) is 0. The van der Waals surface area contributed by atoms with Crippen molar-refractivity contribution < 1.29 is 27.1 Å². The minimum atomic E-state index is -4.63. The minimum Gasteiger partial charge on any atom is -0.484 e. The van der Waals surface area contributed by atoms with Crippen LogP contribution in [0.15, 0.2) is 42.5 Å². The lowest BCUT2D eigenvalue weighted by Crippen LogP contribution is -2.20. The molecule has 0 bridgehead atoms. The quantitative estimate of drug-likeness (QED) is 0.826. The van der Waals surface area contributed by atoms with E-state index in [1.165, 1.54) is 24.3 Å². The molecule has 0 fully saturated rings. The van der Waals surface area contributed by atoms with Gasteiger partial charge in [0.25, 0.3) is 5.91 Å². The van der Waals surface area contributed by atoms with E-state index in [0.717, 1.165) is 18.2 Å². The highest BCUT2D eigenvalue weighted by molar-refractivity contribution is 6.31. The van der Waals surface area contributed by atoms with Crippen molar-refractivity contribution in [3.63, 3.8) is 0 Å². The molecule has 0 saturated carbocycles. The predicted octanol–water partition coefficient (Wildman–Crippen LogP) is 4.52. The van der Waals surface area contributed by atoms with E-state index in [0.29, 0.717) is 0 Å². The number of ether oxygens (including phenoxy) is 1. The van der Waals surface area contributed by atoms with Crippen LogP contribution in [0, 0.1) is 5.82 Å². The van der Waals surface area contributed by atoms with E-state index in [2.05, 4.69) is 5.32 Å². The molecule has 0 heterocycles. The molecule has 23 heavy (non-hydrogen) atoms. The third kappa shape index (κ3) is 4.85. The summed E-state index contributed by atoms with van der Waals surface area (Å²) in [5.74, 6) is -1.09. The van der Waals surface area contributed by atoms with Crippen LogP contribution >= 0.6 is 11.6 Å². The fraction of sp³-hybridized carbons (Fsp3) is 0.133. The lowest BCUT2D eigenvalue weighted by molar-refractivity contribution is -0.137. The van der Waals surface area contributed by atoms with Crippen molar-refractivity contribution in [3.05, 3.63) is 58.9 Å². The zero-order chi connectivity index (χ0) is 17.0. The third-order valence-electron chi connectivity index (χ3n) is 2.72. The zero-order valence-electron chi connectivity index (χ0n) is 11.5. The Morgan fingerprint density at radius 2 is 1.91 bits per heavy atom. The van der Waals surface area contributed by atoms with Gasteiger partial charge in [0, 0.05) is 11.8 Å². The number of hydrogen-bond acceptors (Lipinski definition) is 2. The van der Waals surface area contributed by atoms with E-state index in [1.54, 1.807) is 0 Å². The lowest BCUT2D eigenvalue weighted by Gasteiger charge is -2.12. The van der Waals surface area contributed by atoms with E-state index < -0.39 is 35.1 Å². The standard InChI is InChI=1S/C15H10ClF4NO2/c16-13-5-4-10(7-12(13)15(18,19)20)21-14(22)8-23-11-3-1-2-9(17)6-11/h1-7H,8H2,(H,21,22). The van der Waals surface area contributed by atoms with E-state index in [1.807, 2.05) is 0 Å². The van der Waals surface area contributed by atoms with Crippen LogP contribution in [0.5, 0.6) is 5.75 Å². The number of carbonyl (C=O) groups is 1. The number of rotatable bonds is 4. The van der Waals surface area contributed by atoms with Crippen LogP contribution in [0.25, 0.3) is 0 Å². The second kappa shape index (κ2) is 6.87. The first-order valence-corrected chi connectivity index (χ1v) is 6.68. The molecule has 2 rings (SSSR count). The van der Waals surface area contributed by atoms with Crippen LogP contribution in [0.2, 0.25) is 5.02 Å². The molecule has 2 aromatic carbocycles. The SMILES string of the molecule is O=C(COc1cccc(F)c1)Nc1ccc(Cl)c(C(F)(F)F)c1. The molecule has 0 radical (unpaired) electrons. The summed E-state index contributed by atoms with van der Waals surface area (Å²) >= 11 is 5.48. The van der Waals surface area contributed by atoms with Crippen molar-refractivity contribution in [3.8, 4) is 5.75 Å². The second-order valence-electron chi connectivity index (χ2n) is 4.49. The summed E-state index contributed by atoms with van der Waals surface area (Å²) in [5.41, 5.74) is -1.13. The molecule has 122 valence electrons. The largest absolute Gasteiger partial charge is 0.484 e. The monoisotopic (exact) mass is 347 g/mol. The van der Waals surface area contributed by atoms with Crippen molar-refractivity contribution in [2.75, 3.05) is 11.9 Å². The average Bonchev–Trinajstić information content (AvgIpc) is 2.46. The Morgan fingerprint density at radius 1 is 1.17 bits per heavy atom. The number of benzene rings is 2. The van der Waals surface area contributed by atoms with Crippen molar-refractivity contribution in [1.82, 2.24) is 0 Å². The first-order chi connectivity index (χ1) is 10.8. The van der Waals surface area contributed by atoms with Crippen LogP contribution in [0.1, 0.15) is 5.56 Å². The number of amides is 1. The normalized spacial score (nSPS) is 11.2. The van der Waals surface area contributed by atoms with E-state index in [4.69, 9.17) is 16.3 Å². The van der Waals surface area contributed by atoms with Gasteiger partial charge in [-0.15, -0.1) is 0 Å². The van der Waals surface area contributed by atoms with Gasteiger partial charge in [-0.2, -0.15) is 13.2 Å². The summed E-state index contributed by atoms with van der Waals surface area (Å²) in [6, 6.07) is 8.13. The molecule has 0 saturated heterocycles. The Hall–Kier alpha value is -2.28. The Balaban J connectivity index is 2.00. The van der Waals surface area contributed by atoms with E-state index in [9.17, 15) is 22.4 Å². The Kier molecular flexibility index (Phi) is 5.10. The molecule has 0 aliphatic carbocycles. The van der Waals surface area contributed by atoms with Gasteiger partial charge in [0.15, 0.2) is 6.61 Å². The van der Waals surface area contributed by atoms with Gasteiger partial charge in [-0.25, -0.2) is 4.39 Å². The van der Waals surface area contributed by atoms with Crippen molar-refractivity contribution >= 4 is 23.2 Å². The Bertz CT molecular complexity index is 719. The molecule has 0 spiro atoms. The molecular formula is C15H10ClF4NO2. The molecule has 8 heteroatoms. The zero-order valence-corrected chi connectivity index (χ0v) is 12.2. The fourth-order valence-electron chi connectivity index (χ4n) is 1.72. The predicted molar refractivity (Wildman–Crippen MR) is 77.0 cm³/mol. The van der Waals surface area contributed by atoms with Crippen LogP contribution in [-0.2, 0) is 11.0 Å². The van der Waals surface area contributed by atoms with Gasteiger partial charge < -0.3 is 10.1 Å². The van der Waals surface area contributed by atoms with E-state index in [-0.39, 0.29) is 11.4 Å². The maximum Gasteiger partial charge on any atom is 0.417 e. The number of carbonyl (C=O) groups excluding carboxylic acids is 1. The summed E-state index contributed by atoms with van der Waals surface area (Å²) in [5, 5.41) is 1.78. The van der Waals surface area contributed by atoms with Gasteiger partial charge in [-0.05, 0) is 30.3 Å². The maximum absolute atomic E-state index is 12.9. The average molecular weight is 348 g/mol. The van der Waals surface area contributed by atoms with Gasteiger partial charge in [0.2, 0.25) is 0 Å². The van der Waals surface area contributed by atoms with Gasteiger partial charge in [-0.1, -0.05) is 17.7 Å². The molecule has 0 aliphatic rings. The van der Waals surface area contributed by atoms with Gasteiger partial charge >= 0.3 is 6.18 Å². The first kappa shape index (κ1) is 17.1. The van der Waals surface area contributed by atoms with Gasteiger partial charge in [0.05, 0.1) is 10.6 Å². The lowest BCUT2D eigenvalue weighted by atomic mass is 10.2. The van der Waals surface area contributed by atoms with Crippen LogP contribution in [0.4, 0.5) is 23.2 Å². The van der Waals surface area contributed by atoms with Crippen LogP contribution in [-0.4, -0.2) is 12.5 Å². The maximum atomic E-state index is 12.9. The summed E-state index contributed by atoms with van der Waals surface area (Å²) in [4.78, 5) is 11.7. The Labute approximate surface area is 133 Å². The van der Waals surface area contributed by atoms with Gasteiger partial charge in [0.1, 0.15) is 11.6 Å². The fourth-order valence-corrected chi connectivity index (χ4v) is 1.95. The molecule has 0 aromatic heterocycles. The summed E-state index contributed by atoms with van der Waals surface area (Å²) in [6.07, 6.45) is -4.63. The molecule has 0 aliphatic heterocycles. The first-order valence-electron chi connectivity index (χ1n) is 6.30. The smallest absolute Gasteiger partial charge is 0.417 e. The van der Waals surface area contributed by atoms with Crippen molar-refractivity contribution in [2.45, 2.75) is 6.18 Å². The van der Waals surface area contributed by atoms with Crippen molar-refractivity contribution in [1.29, 1.82) is 0 Å². The summed E-state index contributed by atoms with van der Waals surface area (Å²) in [6.45, 7) is -0.479. The Morgan fingerprint density at radius 3 is 2.57 bits per heavy atom. The molecule has 0 atom stereocenters. The topological polar surface area (TPSA) is 38.3 Å². The van der Waals surface area contributed by atoms with Crippen LogP contribution in [0.3, 0.4) is 0 Å². The van der Waals surface area contributed by atoms with E-state index >= 15 is 0 Å². The molecular weight excluding hydrogens is 338 g/mol. The summed E-state index contributed by atoms with van der Waals surface area (Å²) < 4.78 is 56.1. The highest BCUT2D eigenvalue weighted by atomic mass is 35.5.